The van der Waals surface area contributed by atoms with Crippen LogP contribution in [0.5, 0.6) is 0 Å². The number of nitrogens with zero attached hydrogens (tertiary/aromatic N) is 2. The molecule has 0 unspecified atom stereocenters. The molecule has 0 spiro atoms. The van der Waals surface area contributed by atoms with Crippen molar-refractivity contribution in [2.24, 2.45) is 4.99 Å². The number of benzene rings is 2. The van der Waals surface area contributed by atoms with Crippen LogP contribution in [0.3, 0.4) is 0 Å². The zero-order chi connectivity index (χ0) is 18.4. The van der Waals surface area contributed by atoms with Crippen molar-refractivity contribution in [1.82, 2.24) is 15.2 Å². The van der Waals surface area contributed by atoms with Crippen LogP contribution in [0.25, 0.3) is 11.3 Å². The molecular weight excluding hydrogens is 351 g/mol. The second kappa shape index (κ2) is 8.44. The Morgan fingerprint density at radius 3 is 2.62 bits per heavy atom. The Hall–Kier alpha value is -2.93. The number of thiazole rings is 1. The van der Waals surface area contributed by atoms with Gasteiger partial charge in [0.1, 0.15) is 11.5 Å². The molecule has 134 valence electrons. The van der Waals surface area contributed by atoms with Crippen LogP contribution in [0.4, 0.5) is 14.9 Å². The summed E-state index contributed by atoms with van der Waals surface area (Å²) in [5, 5.41) is 7.29. The van der Waals surface area contributed by atoms with E-state index in [1.54, 1.807) is 25.2 Å². The average Bonchev–Trinajstić information content (AvgIpc) is 3.06. The number of hydrogen-bond acceptors (Lipinski definition) is 3. The topological polar surface area (TPSA) is 58.4 Å². The van der Waals surface area contributed by atoms with E-state index in [1.807, 2.05) is 40.3 Å². The fourth-order valence-corrected chi connectivity index (χ4v) is 3.44. The number of halogens is 1. The molecule has 0 aliphatic heterocycles. The average molecular weight is 370 g/mol. The first kappa shape index (κ1) is 17.9. The van der Waals surface area contributed by atoms with Crippen LogP contribution in [0, 0.1) is 5.82 Å². The third-order valence-corrected chi connectivity index (χ3v) is 4.65. The molecular formula is C19H19FN4OS. The second-order valence-electron chi connectivity index (χ2n) is 5.49. The summed E-state index contributed by atoms with van der Waals surface area (Å²) < 4.78 is 16.0. The van der Waals surface area contributed by atoms with Gasteiger partial charge in [0.15, 0.2) is 4.80 Å². The Bertz CT molecular complexity index is 949. The molecule has 26 heavy (non-hydrogen) atoms. The highest BCUT2D eigenvalue weighted by atomic mass is 32.1. The molecule has 2 amide bonds. The van der Waals surface area contributed by atoms with Crippen LogP contribution in [-0.4, -0.2) is 24.2 Å². The molecule has 2 N–H and O–H groups in total. The maximum Gasteiger partial charge on any atom is 0.314 e. The van der Waals surface area contributed by atoms with Gasteiger partial charge in [-0.25, -0.2) is 14.2 Å². The molecule has 0 bridgehead atoms. The number of aromatic nitrogens is 1. The summed E-state index contributed by atoms with van der Waals surface area (Å²) in [6.07, 6.45) is 0. The number of para-hydroxylation sites is 1. The van der Waals surface area contributed by atoms with E-state index in [9.17, 15) is 9.18 Å². The van der Waals surface area contributed by atoms with Crippen molar-refractivity contribution in [1.29, 1.82) is 0 Å². The predicted octanol–water partition coefficient (Wildman–Crippen LogP) is 3.52. The molecule has 0 saturated carbocycles. The van der Waals surface area contributed by atoms with E-state index >= 15 is 0 Å². The van der Waals surface area contributed by atoms with Crippen molar-refractivity contribution in [2.45, 2.75) is 6.54 Å². The molecule has 5 nitrogen and oxygen atoms in total. The second-order valence-corrected chi connectivity index (χ2v) is 6.33. The SMILES string of the molecule is CNC(=O)NCCn1c(-c2ccccc2)csc1=Nc1ccccc1F. The smallest absolute Gasteiger partial charge is 0.314 e. The monoisotopic (exact) mass is 370 g/mol. The zero-order valence-corrected chi connectivity index (χ0v) is 15.1. The van der Waals surface area contributed by atoms with E-state index in [2.05, 4.69) is 15.6 Å². The van der Waals surface area contributed by atoms with Gasteiger partial charge in [0.2, 0.25) is 0 Å². The van der Waals surface area contributed by atoms with Crippen LogP contribution >= 0.6 is 11.3 Å². The van der Waals surface area contributed by atoms with E-state index in [4.69, 9.17) is 0 Å². The number of nitrogens with one attached hydrogen (secondary N) is 2. The van der Waals surface area contributed by atoms with Crippen LogP contribution < -0.4 is 15.4 Å². The summed E-state index contributed by atoms with van der Waals surface area (Å²) in [5.41, 5.74) is 2.31. The lowest BCUT2D eigenvalue weighted by Gasteiger charge is -2.10. The number of amides is 2. The highest BCUT2D eigenvalue weighted by Crippen LogP contribution is 2.21. The van der Waals surface area contributed by atoms with Gasteiger partial charge in [-0.1, -0.05) is 42.5 Å². The highest BCUT2D eigenvalue weighted by molar-refractivity contribution is 7.07. The summed E-state index contributed by atoms with van der Waals surface area (Å²) in [6.45, 7) is 0.954. The normalized spacial score (nSPS) is 11.4. The number of rotatable bonds is 5. The van der Waals surface area contributed by atoms with Crippen molar-refractivity contribution >= 4 is 23.1 Å². The molecule has 3 rings (SSSR count). The number of urea groups is 1. The van der Waals surface area contributed by atoms with Crippen molar-refractivity contribution in [3.63, 3.8) is 0 Å². The highest BCUT2D eigenvalue weighted by Gasteiger charge is 2.09. The zero-order valence-electron chi connectivity index (χ0n) is 14.3. The number of carbonyl (C=O) groups is 1. The quantitative estimate of drug-likeness (QED) is 0.709. The molecule has 0 aliphatic carbocycles. The summed E-state index contributed by atoms with van der Waals surface area (Å²) >= 11 is 1.44. The third-order valence-electron chi connectivity index (χ3n) is 3.78. The van der Waals surface area contributed by atoms with Crippen LogP contribution in [0.1, 0.15) is 0 Å². The van der Waals surface area contributed by atoms with Gasteiger partial charge in [-0.2, -0.15) is 0 Å². The molecule has 0 atom stereocenters. The van der Waals surface area contributed by atoms with Crippen molar-refractivity contribution in [2.75, 3.05) is 13.6 Å². The number of hydrogen-bond donors (Lipinski definition) is 2. The molecule has 1 aromatic heterocycles. The van der Waals surface area contributed by atoms with Gasteiger partial charge >= 0.3 is 6.03 Å². The van der Waals surface area contributed by atoms with Gasteiger partial charge in [-0.3, -0.25) is 0 Å². The van der Waals surface area contributed by atoms with E-state index in [1.165, 1.54) is 17.4 Å². The van der Waals surface area contributed by atoms with E-state index in [0.29, 0.717) is 23.6 Å². The molecule has 0 saturated heterocycles. The third kappa shape index (κ3) is 4.18. The summed E-state index contributed by atoms with van der Waals surface area (Å²) in [4.78, 5) is 16.6. The van der Waals surface area contributed by atoms with E-state index in [-0.39, 0.29) is 11.8 Å². The number of carbonyl (C=O) groups excluding carboxylic acids is 1. The van der Waals surface area contributed by atoms with Crippen LogP contribution in [0.2, 0.25) is 0 Å². The van der Waals surface area contributed by atoms with Crippen LogP contribution in [0.15, 0.2) is 65.0 Å². The van der Waals surface area contributed by atoms with Gasteiger partial charge in [0.25, 0.3) is 0 Å². The van der Waals surface area contributed by atoms with Crippen molar-refractivity contribution in [3.05, 3.63) is 70.6 Å². The predicted molar refractivity (Wildman–Crippen MR) is 102 cm³/mol. The van der Waals surface area contributed by atoms with Crippen molar-refractivity contribution < 1.29 is 9.18 Å². The lowest BCUT2D eigenvalue weighted by molar-refractivity contribution is 0.242. The molecule has 0 radical (unpaired) electrons. The minimum atomic E-state index is -0.364. The van der Waals surface area contributed by atoms with Gasteiger partial charge in [0, 0.05) is 25.5 Å². The lowest BCUT2D eigenvalue weighted by atomic mass is 10.2. The molecule has 0 fully saturated rings. The molecule has 3 aromatic rings. The fourth-order valence-electron chi connectivity index (χ4n) is 2.49. The summed E-state index contributed by atoms with van der Waals surface area (Å²) in [5.74, 6) is -0.364. The standard InChI is InChI=1S/C19H19FN4OS/c1-21-18(25)22-11-12-24-17(14-7-3-2-4-8-14)13-26-19(24)23-16-10-6-5-9-15(16)20/h2-10,13H,11-12H2,1H3,(H2,21,22,25). The first-order valence-electron chi connectivity index (χ1n) is 8.17. The fraction of sp³-hybridized carbons (Fsp3) is 0.158. The molecule has 2 aromatic carbocycles. The lowest BCUT2D eigenvalue weighted by Crippen LogP contribution is -2.36. The minimum Gasteiger partial charge on any atom is -0.341 e. The Morgan fingerprint density at radius 2 is 1.88 bits per heavy atom. The van der Waals surface area contributed by atoms with E-state index in [0.717, 1.165) is 11.3 Å². The molecule has 1 heterocycles. The molecule has 0 aliphatic rings. The minimum absolute atomic E-state index is 0.241. The van der Waals surface area contributed by atoms with Gasteiger partial charge in [0.05, 0.1) is 5.69 Å². The Kier molecular flexibility index (Phi) is 5.80. The Morgan fingerprint density at radius 1 is 1.15 bits per heavy atom. The first-order valence-corrected chi connectivity index (χ1v) is 9.05. The van der Waals surface area contributed by atoms with E-state index < -0.39 is 0 Å². The van der Waals surface area contributed by atoms with Gasteiger partial charge < -0.3 is 15.2 Å². The summed E-state index contributed by atoms with van der Waals surface area (Å²) in [6, 6.07) is 16.1. The van der Waals surface area contributed by atoms with Crippen molar-refractivity contribution in [3.8, 4) is 11.3 Å². The largest absolute Gasteiger partial charge is 0.341 e. The Balaban J connectivity index is 2.00. The molecule has 7 heteroatoms. The Labute approximate surface area is 154 Å². The van der Waals surface area contributed by atoms with Gasteiger partial charge in [-0.05, 0) is 17.7 Å². The first-order chi connectivity index (χ1) is 12.7. The maximum absolute atomic E-state index is 14.0. The van der Waals surface area contributed by atoms with Gasteiger partial charge in [-0.15, -0.1) is 11.3 Å². The maximum atomic E-state index is 14.0. The summed E-state index contributed by atoms with van der Waals surface area (Å²) in [7, 11) is 1.57. The van der Waals surface area contributed by atoms with Crippen LogP contribution in [-0.2, 0) is 6.54 Å².